The van der Waals surface area contributed by atoms with Gasteiger partial charge in [0.25, 0.3) is 0 Å². The van der Waals surface area contributed by atoms with Crippen LogP contribution in [-0.2, 0) is 20.8 Å². The number of thioether (sulfide) groups is 2. The lowest BCUT2D eigenvalue weighted by Gasteiger charge is -2.28. The van der Waals surface area contributed by atoms with Crippen LogP contribution >= 0.6 is 23.5 Å². The molecule has 1 aromatic heterocycles. The summed E-state index contributed by atoms with van der Waals surface area (Å²) in [5, 5.41) is 11.9. The highest BCUT2D eigenvalue weighted by Crippen LogP contribution is 2.26. The van der Waals surface area contributed by atoms with Crippen LogP contribution in [0.4, 0.5) is 0 Å². The van der Waals surface area contributed by atoms with Gasteiger partial charge in [0.1, 0.15) is 17.3 Å². The van der Waals surface area contributed by atoms with Gasteiger partial charge in [0.2, 0.25) is 22.0 Å². The largest absolute Gasteiger partial charge is 0.480 e. The highest BCUT2D eigenvalue weighted by atomic mass is 32.2. The molecule has 5 rings (SSSR count). The number of hydrogen-bond acceptors (Lipinski definition) is 7. The van der Waals surface area contributed by atoms with Crippen LogP contribution in [0.2, 0.25) is 0 Å². The molecular formula is C33H31N3O6S2. The molecule has 226 valence electrons. The number of aromatic nitrogens is 1. The van der Waals surface area contributed by atoms with Crippen LogP contribution in [0.15, 0.2) is 91.1 Å². The fraction of sp³-hybridized carbons (Fsp3) is 0.242. The van der Waals surface area contributed by atoms with E-state index in [9.17, 15) is 29.1 Å². The molecule has 3 N–H and O–H groups in total. The van der Waals surface area contributed by atoms with Crippen molar-refractivity contribution in [2.45, 2.75) is 36.6 Å². The lowest BCUT2D eigenvalue weighted by Crippen LogP contribution is -2.54. The number of carboxylic acids is 1. The van der Waals surface area contributed by atoms with Crippen molar-refractivity contribution < 1.29 is 29.1 Å². The first-order chi connectivity index (χ1) is 21.3. The average molecular weight is 630 g/mol. The number of nitrogens with one attached hydrogen (secondary N) is 2. The van der Waals surface area contributed by atoms with Gasteiger partial charge in [0.15, 0.2) is 0 Å². The Morgan fingerprint density at radius 2 is 1.52 bits per heavy atom. The molecule has 1 aliphatic heterocycles. The number of aliphatic carboxylic acids is 1. The van der Waals surface area contributed by atoms with E-state index >= 15 is 0 Å². The van der Waals surface area contributed by atoms with E-state index in [-0.39, 0.29) is 28.9 Å². The van der Waals surface area contributed by atoms with Crippen LogP contribution in [0.25, 0.3) is 10.9 Å². The smallest absolute Gasteiger partial charge is 0.326 e. The third kappa shape index (κ3) is 7.40. The van der Waals surface area contributed by atoms with Gasteiger partial charge in [-0.25, -0.2) is 4.79 Å². The minimum absolute atomic E-state index is 0.0156. The maximum absolute atomic E-state index is 13.9. The predicted octanol–water partition coefficient (Wildman–Crippen LogP) is 4.79. The number of benzene rings is 3. The van der Waals surface area contributed by atoms with Crippen molar-refractivity contribution in [2.75, 3.05) is 12.3 Å². The molecule has 44 heavy (non-hydrogen) atoms. The van der Waals surface area contributed by atoms with E-state index in [1.54, 1.807) is 66.9 Å². The summed E-state index contributed by atoms with van der Waals surface area (Å²) in [5.74, 6) is -2.19. The van der Waals surface area contributed by atoms with Crippen LogP contribution in [-0.4, -0.2) is 72.6 Å². The molecule has 0 saturated carbocycles. The van der Waals surface area contributed by atoms with Crippen molar-refractivity contribution in [3.63, 3.8) is 0 Å². The lowest BCUT2D eigenvalue weighted by atomic mass is 10.0. The van der Waals surface area contributed by atoms with Crippen LogP contribution < -0.4 is 5.32 Å². The Labute approximate surface area is 262 Å². The number of carbonyl (C=O) groups excluding carboxylic acids is 4. The monoisotopic (exact) mass is 629 g/mol. The Bertz CT molecular complexity index is 1660. The molecule has 1 fully saturated rings. The first kappa shape index (κ1) is 31.1. The number of carbonyl (C=O) groups is 5. The topological polar surface area (TPSA) is 137 Å². The Balaban J connectivity index is 1.40. The highest BCUT2D eigenvalue weighted by Gasteiger charge is 2.39. The van der Waals surface area contributed by atoms with Crippen molar-refractivity contribution in [2.24, 2.45) is 0 Å². The summed E-state index contributed by atoms with van der Waals surface area (Å²) in [7, 11) is 0. The van der Waals surface area contributed by atoms with Gasteiger partial charge in [-0.1, -0.05) is 102 Å². The van der Waals surface area contributed by atoms with Crippen molar-refractivity contribution in [1.82, 2.24) is 15.2 Å². The Morgan fingerprint density at radius 1 is 0.886 bits per heavy atom. The summed E-state index contributed by atoms with van der Waals surface area (Å²) >= 11 is 1.72. The normalized spacial score (nSPS) is 15.9. The molecule has 3 atom stereocenters. The fourth-order valence-corrected chi connectivity index (χ4v) is 7.16. The number of rotatable bonds is 11. The van der Waals surface area contributed by atoms with Gasteiger partial charge in [0.05, 0.1) is 0 Å². The second-order valence-electron chi connectivity index (χ2n) is 10.4. The van der Waals surface area contributed by atoms with E-state index in [1.165, 1.54) is 4.90 Å². The summed E-state index contributed by atoms with van der Waals surface area (Å²) in [6.45, 7) is 0.266. The van der Waals surface area contributed by atoms with E-state index < -0.39 is 35.1 Å². The van der Waals surface area contributed by atoms with E-state index in [1.807, 2.05) is 24.3 Å². The molecule has 9 nitrogen and oxygen atoms in total. The van der Waals surface area contributed by atoms with Crippen molar-refractivity contribution >= 4 is 62.4 Å². The van der Waals surface area contributed by atoms with Crippen LogP contribution in [0.5, 0.6) is 0 Å². The SMILES string of the molecule is O=C(SCC(SC(=O)c1ccccc1)C(=O)N[C@@H](Cc1c[nH]c2ccccc12)C(=O)N1CCC[C@H]1C(=O)O)c1ccccc1. The summed E-state index contributed by atoms with van der Waals surface area (Å²) in [5.41, 5.74) is 2.52. The quantitative estimate of drug-likeness (QED) is 0.216. The second kappa shape index (κ2) is 14.4. The molecule has 0 bridgehead atoms. The van der Waals surface area contributed by atoms with E-state index in [2.05, 4.69) is 10.3 Å². The first-order valence-corrected chi connectivity index (χ1v) is 16.0. The number of hydrogen-bond donors (Lipinski definition) is 3. The maximum Gasteiger partial charge on any atom is 0.326 e. The molecule has 2 heterocycles. The molecule has 2 amide bonds. The number of aromatic amines is 1. The highest BCUT2D eigenvalue weighted by molar-refractivity contribution is 8.18. The van der Waals surface area contributed by atoms with Gasteiger partial charge in [-0.15, -0.1) is 0 Å². The standard InChI is InChI=1S/C33H31N3O6S2/c37-29(28(44-33(42)22-12-5-2-6-13-22)20-43-32(41)21-10-3-1-4-11-21)35-26(30(38)36-17-9-16-27(36)31(39)40)18-23-19-34-25-15-8-7-14-24(23)25/h1-8,10-15,19,26-28,34H,9,16-18,20H2,(H,35,37)(H,39,40)/t26-,27-,28?/m0/s1. The summed E-state index contributed by atoms with van der Waals surface area (Å²) in [6, 6.07) is 22.7. The molecule has 1 saturated heterocycles. The third-order valence-corrected chi connectivity index (χ3v) is 9.78. The number of likely N-dealkylation sites (tertiary alicyclic amines) is 1. The summed E-state index contributed by atoms with van der Waals surface area (Å²) < 4.78 is 0. The molecule has 0 spiro atoms. The van der Waals surface area contributed by atoms with Gasteiger partial charge in [-0.2, -0.15) is 0 Å². The molecule has 1 unspecified atom stereocenters. The number of amides is 2. The van der Waals surface area contributed by atoms with Crippen LogP contribution in [0.1, 0.15) is 39.1 Å². The molecule has 0 radical (unpaired) electrons. The van der Waals surface area contributed by atoms with Crippen molar-refractivity contribution in [3.05, 3.63) is 108 Å². The minimum Gasteiger partial charge on any atom is -0.480 e. The molecule has 1 aliphatic rings. The minimum atomic E-state index is -1.09. The van der Waals surface area contributed by atoms with Gasteiger partial charge >= 0.3 is 5.97 Å². The summed E-state index contributed by atoms with van der Waals surface area (Å²) in [4.78, 5) is 70.2. The van der Waals surface area contributed by atoms with E-state index in [0.717, 1.165) is 40.0 Å². The summed E-state index contributed by atoms with van der Waals surface area (Å²) in [6.07, 6.45) is 2.75. The Hall–Kier alpha value is -4.35. The number of H-pyrrole nitrogens is 1. The molecular weight excluding hydrogens is 599 g/mol. The zero-order valence-corrected chi connectivity index (χ0v) is 25.3. The van der Waals surface area contributed by atoms with E-state index in [0.29, 0.717) is 24.0 Å². The van der Waals surface area contributed by atoms with Gasteiger partial charge in [-0.05, 0) is 24.5 Å². The van der Waals surface area contributed by atoms with Crippen molar-refractivity contribution in [1.29, 1.82) is 0 Å². The van der Waals surface area contributed by atoms with Gasteiger partial charge in [0, 0.05) is 46.9 Å². The molecule has 0 aliphatic carbocycles. The average Bonchev–Trinajstić information content (AvgIpc) is 3.71. The number of nitrogens with zero attached hydrogens (tertiary/aromatic N) is 1. The third-order valence-electron chi connectivity index (χ3n) is 7.46. The lowest BCUT2D eigenvalue weighted by molar-refractivity contribution is -0.149. The number of carboxylic acid groups (broad SMARTS) is 1. The zero-order valence-electron chi connectivity index (χ0n) is 23.7. The molecule has 3 aromatic carbocycles. The maximum atomic E-state index is 13.9. The first-order valence-electron chi connectivity index (χ1n) is 14.2. The van der Waals surface area contributed by atoms with Crippen LogP contribution in [0, 0.1) is 0 Å². The Morgan fingerprint density at radius 3 is 2.20 bits per heavy atom. The second-order valence-corrected chi connectivity index (χ2v) is 12.5. The van der Waals surface area contributed by atoms with E-state index in [4.69, 9.17) is 0 Å². The Kier molecular flexibility index (Phi) is 10.2. The van der Waals surface area contributed by atoms with Gasteiger partial charge in [-0.3, -0.25) is 19.2 Å². The molecule has 11 heteroatoms. The molecule has 4 aromatic rings. The fourth-order valence-electron chi connectivity index (χ4n) is 5.22. The zero-order chi connectivity index (χ0) is 31.1. The van der Waals surface area contributed by atoms with Gasteiger partial charge < -0.3 is 20.3 Å². The number of para-hydroxylation sites is 1. The predicted molar refractivity (Wildman–Crippen MR) is 172 cm³/mol. The van der Waals surface area contributed by atoms with Crippen LogP contribution in [0.3, 0.4) is 0 Å². The van der Waals surface area contributed by atoms with Crippen molar-refractivity contribution in [3.8, 4) is 0 Å². The number of fused-ring (bicyclic) bond motifs is 1.